The highest BCUT2D eigenvalue weighted by Gasteiger charge is 2.21. The Bertz CT molecular complexity index is 692. The Hall–Kier alpha value is -3.02. The van der Waals surface area contributed by atoms with Gasteiger partial charge in [0.05, 0.1) is 14.2 Å². The van der Waals surface area contributed by atoms with Crippen molar-refractivity contribution in [3.8, 4) is 11.5 Å². The Morgan fingerprint density at radius 3 is 2.12 bits per heavy atom. The van der Waals surface area contributed by atoms with E-state index in [1.807, 2.05) is 30.3 Å². The summed E-state index contributed by atoms with van der Waals surface area (Å²) in [5.74, 6) is -0.693. The zero-order valence-corrected chi connectivity index (χ0v) is 13.5. The predicted molar refractivity (Wildman–Crippen MR) is 88.6 cm³/mol. The number of ether oxygens (including phenoxy) is 2. The van der Waals surface area contributed by atoms with Gasteiger partial charge >= 0.3 is 5.97 Å². The number of amides is 1. The summed E-state index contributed by atoms with van der Waals surface area (Å²) < 4.78 is 10.2. The van der Waals surface area contributed by atoms with Crippen molar-refractivity contribution in [1.82, 2.24) is 5.32 Å². The third-order valence-corrected chi connectivity index (χ3v) is 3.50. The summed E-state index contributed by atoms with van der Waals surface area (Å²) in [5, 5.41) is 11.9. The molecule has 0 aromatic heterocycles. The first kappa shape index (κ1) is 17.3. The number of rotatable bonds is 7. The lowest BCUT2D eigenvalue weighted by Gasteiger charge is -2.15. The minimum absolute atomic E-state index is 0.197. The zero-order chi connectivity index (χ0) is 17.5. The molecule has 0 aliphatic heterocycles. The summed E-state index contributed by atoms with van der Waals surface area (Å²) in [7, 11) is 2.96. The monoisotopic (exact) mass is 329 g/mol. The summed E-state index contributed by atoms with van der Waals surface area (Å²) in [4.78, 5) is 23.9. The first-order valence-electron chi connectivity index (χ1n) is 7.34. The average Bonchev–Trinajstić information content (AvgIpc) is 2.61. The van der Waals surface area contributed by atoms with Crippen molar-refractivity contribution in [3.63, 3.8) is 0 Å². The number of carboxylic acid groups (broad SMARTS) is 1. The first-order chi connectivity index (χ1) is 11.5. The molecule has 0 aliphatic carbocycles. The molecule has 6 heteroatoms. The van der Waals surface area contributed by atoms with Gasteiger partial charge in [0.2, 0.25) is 0 Å². The average molecular weight is 329 g/mol. The molecule has 0 fully saturated rings. The number of benzene rings is 2. The molecule has 0 saturated heterocycles. The number of nitrogens with one attached hydrogen (secondary N) is 1. The van der Waals surface area contributed by atoms with E-state index < -0.39 is 17.9 Å². The topological polar surface area (TPSA) is 84.9 Å². The predicted octanol–water partition coefficient (Wildman–Crippen LogP) is 2.13. The van der Waals surface area contributed by atoms with E-state index >= 15 is 0 Å². The van der Waals surface area contributed by atoms with Crippen LogP contribution >= 0.6 is 0 Å². The van der Waals surface area contributed by atoms with E-state index in [0.717, 1.165) is 5.56 Å². The highest BCUT2D eigenvalue weighted by molar-refractivity contribution is 5.97. The molecule has 0 unspecified atom stereocenters. The van der Waals surface area contributed by atoms with Crippen LogP contribution in [-0.2, 0) is 11.2 Å². The van der Waals surface area contributed by atoms with Gasteiger partial charge in [0.15, 0.2) is 0 Å². The maximum atomic E-state index is 12.4. The van der Waals surface area contributed by atoms with Gasteiger partial charge in [0, 0.05) is 18.1 Å². The molecule has 0 radical (unpaired) electrons. The molecule has 2 aromatic rings. The second kappa shape index (κ2) is 8.01. The maximum Gasteiger partial charge on any atom is 0.326 e. The van der Waals surface area contributed by atoms with Gasteiger partial charge in [0.1, 0.15) is 17.5 Å². The van der Waals surface area contributed by atoms with Crippen molar-refractivity contribution < 1.29 is 24.2 Å². The lowest BCUT2D eigenvalue weighted by atomic mass is 10.1. The highest BCUT2D eigenvalue weighted by Crippen LogP contribution is 2.22. The highest BCUT2D eigenvalue weighted by atomic mass is 16.5. The van der Waals surface area contributed by atoms with Crippen LogP contribution in [0.25, 0.3) is 0 Å². The summed E-state index contributed by atoms with van der Waals surface area (Å²) in [5.41, 5.74) is 1.10. The molecule has 24 heavy (non-hydrogen) atoms. The van der Waals surface area contributed by atoms with Crippen LogP contribution in [-0.4, -0.2) is 37.2 Å². The Labute approximate surface area is 140 Å². The normalized spacial score (nSPS) is 11.4. The fourth-order valence-corrected chi connectivity index (χ4v) is 2.23. The van der Waals surface area contributed by atoms with Crippen LogP contribution in [0, 0.1) is 0 Å². The quantitative estimate of drug-likeness (QED) is 0.813. The fourth-order valence-electron chi connectivity index (χ4n) is 2.23. The van der Waals surface area contributed by atoms with Crippen molar-refractivity contribution in [3.05, 3.63) is 59.7 Å². The number of methoxy groups -OCH3 is 2. The van der Waals surface area contributed by atoms with Crippen LogP contribution < -0.4 is 14.8 Å². The molecular weight excluding hydrogens is 310 g/mol. The number of carbonyl (C=O) groups excluding carboxylic acids is 1. The summed E-state index contributed by atoms with van der Waals surface area (Å²) in [6.45, 7) is 0. The van der Waals surface area contributed by atoms with Gasteiger partial charge in [-0.2, -0.15) is 0 Å². The summed E-state index contributed by atoms with van der Waals surface area (Å²) >= 11 is 0. The zero-order valence-electron chi connectivity index (χ0n) is 13.5. The third kappa shape index (κ3) is 4.49. The fraction of sp³-hybridized carbons (Fsp3) is 0.222. The number of carbonyl (C=O) groups is 2. The molecule has 1 amide bonds. The summed E-state index contributed by atoms with van der Waals surface area (Å²) in [6.07, 6.45) is 0.197. The third-order valence-electron chi connectivity index (χ3n) is 3.50. The Morgan fingerprint density at radius 1 is 1.04 bits per heavy atom. The Morgan fingerprint density at radius 2 is 1.62 bits per heavy atom. The van der Waals surface area contributed by atoms with Crippen molar-refractivity contribution in [2.24, 2.45) is 0 Å². The molecule has 0 heterocycles. The van der Waals surface area contributed by atoms with E-state index in [0.29, 0.717) is 11.5 Å². The van der Waals surface area contributed by atoms with Crippen LogP contribution in [0.15, 0.2) is 48.5 Å². The Balaban J connectivity index is 2.17. The second-order valence-corrected chi connectivity index (χ2v) is 5.16. The van der Waals surface area contributed by atoms with Crippen LogP contribution in [0.3, 0.4) is 0 Å². The molecule has 0 bridgehead atoms. The minimum Gasteiger partial charge on any atom is -0.497 e. The van der Waals surface area contributed by atoms with Gasteiger partial charge in [0.25, 0.3) is 5.91 Å². The van der Waals surface area contributed by atoms with Gasteiger partial charge in [-0.15, -0.1) is 0 Å². The molecule has 2 N–H and O–H groups in total. The van der Waals surface area contributed by atoms with Crippen molar-refractivity contribution in [1.29, 1.82) is 0 Å². The van der Waals surface area contributed by atoms with Gasteiger partial charge in [-0.1, -0.05) is 30.3 Å². The van der Waals surface area contributed by atoms with E-state index in [1.165, 1.54) is 26.4 Å². The molecule has 0 saturated carbocycles. The van der Waals surface area contributed by atoms with Crippen molar-refractivity contribution in [2.45, 2.75) is 12.5 Å². The van der Waals surface area contributed by atoms with Crippen LogP contribution in [0.2, 0.25) is 0 Å². The number of aliphatic carboxylic acids is 1. The largest absolute Gasteiger partial charge is 0.497 e. The maximum absolute atomic E-state index is 12.4. The van der Waals surface area contributed by atoms with Crippen LogP contribution in [0.4, 0.5) is 0 Å². The molecular formula is C18H19NO5. The second-order valence-electron chi connectivity index (χ2n) is 5.16. The van der Waals surface area contributed by atoms with E-state index in [2.05, 4.69) is 5.32 Å². The molecule has 2 aromatic carbocycles. The van der Waals surface area contributed by atoms with Crippen molar-refractivity contribution >= 4 is 11.9 Å². The van der Waals surface area contributed by atoms with E-state index in [9.17, 15) is 14.7 Å². The van der Waals surface area contributed by atoms with E-state index in [4.69, 9.17) is 9.47 Å². The first-order valence-corrected chi connectivity index (χ1v) is 7.34. The van der Waals surface area contributed by atoms with E-state index in [-0.39, 0.29) is 12.0 Å². The van der Waals surface area contributed by atoms with E-state index in [1.54, 1.807) is 6.07 Å². The van der Waals surface area contributed by atoms with Crippen LogP contribution in [0.1, 0.15) is 15.9 Å². The smallest absolute Gasteiger partial charge is 0.326 e. The molecule has 1 atom stereocenters. The minimum atomic E-state index is -1.10. The van der Waals surface area contributed by atoms with Gasteiger partial charge in [-0.25, -0.2) is 4.79 Å². The molecule has 2 rings (SSSR count). The molecule has 0 spiro atoms. The lowest BCUT2D eigenvalue weighted by molar-refractivity contribution is -0.139. The van der Waals surface area contributed by atoms with Crippen molar-refractivity contribution in [2.75, 3.05) is 14.2 Å². The van der Waals surface area contributed by atoms with Gasteiger partial charge in [-0.05, 0) is 17.7 Å². The number of hydrogen-bond acceptors (Lipinski definition) is 4. The van der Waals surface area contributed by atoms with Crippen LogP contribution in [0.5, 0.6) is 11.5 Å². The molecule has 6 nitrogen and oxygen atoms in total. The molecule has 0 aliphatic rings. The number of hydrogen-bond donors (Lipinski definition) is 2. The van der Waals surface area contributed by atoms with Gasteiger partial charge in [-0.3, -0.25) is 4.79 Å². The number of carboxylic acids is 1. The molecule has 126 valence electrons. The SMILES string of the molecule is COc1cc(OC)cc(C(=O)N[C@H](Cc2ccccc2)C(=O)O)c1. The lowest BCUT2D eigenvalue weighted by Crippen LogP contribution is -2.42. The standard InChI is InChI=1S/C18H19NO5/c1-23-14-9-13(10-15(11-14)24-2)17(20)19-16(18(21)22)8-12-6-4-3-5-7-12/h3-7,9-11,16H,8H2,1-2H3,(H,19,20)(H,21,22)/t16-/m1/s1. The van der Waals surface area contributed by atoms with Gasteiger partial charge < -0.3 is 19.9 Å². The summed E-state index contributed by atoms with van der Waals surface area (Å²) in [6, 6.07) is 12.8. The Kier molecular flexibility index (Phi) is 5.78.